The summed E-state index contributed by atoms with van der Waals surface area (Å²) in [5.41, 5.74) is 1.31. The van der Waals surface area contributed by atoms with E-state index in [0.717, 1.165) is 21.8 Å². The molecule has 3 rings (SSSR count). The smallest absolute Gasteiger partial charge is 0.348 e. The first kappa shape index (κ1) is 18.3. The van der Waals surface area contributed by atoms with Gasteiger partial charge in [-0.2, -0.15) is 0 Å². The Kier molecular flexibility index (Phi) is 5.46. The number of thiophene rings is 1. The molecule has 2 aromatic carbocycles. The number of anilines is 2. The van der Waals surface area contributed by atoms with E-state index in [-0.39, 0.29) is 26.3 Å². The number of urea groups is 1. The molecule has 1 aromatic heterocycles. The van der Waals surface area contributed by atoms with Crippen LogP contribution in [0.1, 0.15) is 9.67 Å². The van der Waals surface area contributed by atoms with E-state index in [1.54, 1.807) is 24.3 Å². The Morgan fingerprint density at radius 1 is 0.923 bits per heavy atom. The van der Waals surface area contributed by atoms with E-state index < -0.39 is 12.0 Å². The van der Waals surface area contributed by atoms with Gasteiger partial charge in [0.05, 0.1) is 21.4 Å². The number of carboxylic acid groups (broad SMARTS) is 1. The third-order valence-electron chi connectivity index (χ3n) is 3.43. The lowest BCUT2D eigenvalue weighted by Crippen LogP contribution is -2.20. The topological polar surface area (TPSA) is 78.4 Å². The van der Waals surface area contributed by atoms with Gasteiger partial charge in [0.25, 0.3) is 0 Å². The Balaban J connectivity index is 1.86. The first-order valence-corrected chi connectivity index (χ1v) is 8.97. The molecule has 0 aliphatic carbocycles. The largest absolute Gasteiger partial charge is 0.477 e. The van der Waals surface area contributed by atoms with Gasteiger partial charge in [-0.25, -0.2) is 9.59 Å². The molecule has 3 N–H and O–H groups in total. The summed E-state index contributed by atoms with van der Waals surface area (Å²) in [5, 5.41) is 15.1. The van der Waals surface area contributed by atoms with E-state index in [9.17, 15) is 14.7 Å². The number of amides is 2. The van der Waals surface area contributed by atoms with Crippen molar-refractivity contribution < 1.29 is 14.7 Å². The van der Waals surface area contributed by atoms with Gasteiger partial charge < -0.3 is 15.7 Å². The summed E-state index contributed by atoms with van der Waals surface area (Å²) in [4.78, 5) is 24.6. The van der Waals surface area contributed by atoms with Gasteiger partial charge in [0.1, 0.15) is 4.88 Å². The maximum absolute atomic E-state index is 12.3. The van der Waals surface area contributed by atoms with Gasteiger partial charge in [-0.05, 0) is 23.8 Å². The molecule has 0 aliphatic rings. The average molecular weight is 407 g/mol. The number of rotatable bonds is 4. The minimum atomic E-state index is -1.12. The lowest BCUT2D eigenvalue weighted by Gasteiger charge is -2.10. The van der Waals surface area contributed by atoms with Crippen LogP contribution < -0.4 is 10.6 Å². The second kappa shape index (κ2) is 7.78. The second-order valence-electron chi connectivity index (χ2n) is 5.20. The number of para-hydroxylation sites is 1. The fourth-order valence-corrected chi connectivity index (χ4v) is 3.72. The Morgan fingerprint density at radius 3 is 2.19 bits per heavy atom. The van der Waals surface area contributed by atoms with Crippen LogP contribution in [0.15, 0.2) is 54.6 Å². The fourth-order valence-electron chi connectivity index (χ4n) is 2.27. The molecule has 1 heterocycles. The van der Waals surface area contributed by atoms with Gasteiger partial charge in [0.15, 0.2) is 0 Å². The molecule has 0 fully saturated rings. The van der Waals surface area contributed by atoms with Crippen molar-refractivity contribution in [2.45, 2.75) is 0 Å². The van der Waals surface area contributed by atoms with Crippen molar-refractivity contribution in [3.8, 4) is 10.4 Å². The van der Waals surface area contributed by atoms with Crippen LogP contribution in [0, 0.1) is 0 Å². The van der Waals surface area contributed by atoms with Crippen LogP contribution in [0.25, 0.3) is 10.4 Å². The summed E-state index contributed by atoms with van der Waals surface area (Å²) >= 11 is 13.1. The molecule has 0 unspecified atom stereocenters. The summed E-state index contributed by atoms with van der Waals surface area (Å²) in [6.07, 6.45) is 0. The fraction of sp³-hybridized carbons (Fsp3) is 0. The highest BCUT2D eigenvalue weighted by Crippen LogP contribution is 2.35. The molecule has 0 bridgehead atoms. The number of carboxylic acids is 1. The van der Waals surface area contributed by atoms with Crippen molar-refractivity contribution >= 4 is 57.9 Å². The van der Waals surface area contributed by atoms with Gasteiger partial charge in [-0.3, -0.25) is 0 Å². The molecular weight excluding hydrogens is 395 g/mol. The number of benzene rings is 2. The summed E-state index contributed by atoms with van der Waals surface area (Å²) in [6.45, 7) is 0. The summed E-state index contributed by atoms with van der Waals surface area (Å²) < 4.78 is 0. The third kappa shape index (κ3) is 3.99. The molecule has 26 heavy (non-hydrogen) atoms. The van der Waals surface area contributed by atoms with Crippen LogP contribution >= 0.6 is 34.5 Å². The van der Waals surface area contributed by atoms with Crippen molar-refractivity contribution in [1.29, 1.82) is 0 Å². The van der Waals surface area contributed by atoms with E-state index in [2.05, 4.69) is 10.6 Å². The van der Waals surface area contributed by atoms with Crippen LogP contribution in [0.4, 0.5) is 16.2 Å². The number of carbonyl (C=O) groups excluding carboxylic acids is 1. The molecular formula is C18H12Cl2N2O3S. The maximum Gasteiger partial charge on any atom is 0.348 e. The van der Waals surface area contributed by atoms with Gasteiger partial charge in [0, 0.05) is 4.88 Å². The van der Waals surface area contributed by atoms with Crippen molar-refractivity contribution in [1.82, 2.24) is 0 Å². The van der Waals surface area contributed by atoms with Crippen molar-refractivity contribution in [3.63, 3.8) is 0 Å². The highest BCUT2D eigenvalue weighted by atomic mass is 35.5. The first-order valence-electron chi connectivity index (χ1n) is 7.40. The first-order chi connectivity index (χ1) is 12.5. The Hall–Kier alpha value is -2.54. The van der Waals surface area contributed by atoms with E-state index in [1.165, 1.54) is 0 Å². The Labute approximate surface area is 163 Å². The van der Waals surface area contributed by atoms with Gasteiger partial charge in [0.2, 0.25) is 0 Å². The number of carbonyl (C=O) groups is 2. The molecule has 0 saturated carbocycles. The minimum absolute atomic E-state index is 0.0317. The average Bonchev–Trinajstić information content (AvgIpc) is 3.03. The van der Waals surface area contributed by atoms with Crippen molar-refractivity contribution in [2.75, 3.05) is 10.6 Å². The standard InChI is InChI=1S/C18H12Cl2N2O3S/c19-11-7-4-8-12(20)15(11)22-18(25)21-13-9-14(26-16(13)17(23)24)10-5-2-1-3-6-10/h1-9H,(H,23,24)(H2,21,22,25). The molecule has 8 heteroatoms. The summed E-state index contributed by atoms with van der Waals surface area (Å²) in [7, 11) is 0. The molecule has 0 radical (unpaired) electrons. The van der Waals surface area contributed by atoms with Crippen LogP contribution in [0.2, 0.25) is 10.0 Å². The Morgan fingerprint density at radius 2 is 1.58 bits per heavy atom. The highest BCUT2D eigenvalue weighted by molar-refractivity contribution is 7.18. The van der Waals surface area contributed by atoms with Crippen LogP contribution in [-0.4, -0.2) is 17.1 Å². The molecule has 0 atom stereocenters. The minimum Gasteiger partial charge on any atom is -0.477 e. The van der Waals surface area contributed by atoms with Crippen LogP contribution in [-0.2, 0) is 0 Å². The molecule has 3 aromatic rings. The second-order valence-corrected chi connectivity index (χ2v) is 7.07. The zero-order valence-electron chi connectivity index (χ0n) is 13.1. The maximum atomic E-state index is 12.3. The molecule has 0 saturated heterocycles. The van der Waals surface area contributed by atoms with E-state index in [1.807, 2.05) is 30.3 Å². The van der Waals surface area contributed by atoms with E-state index in [4.69, 9.17) is 23.2 Å². The van der Waals surface area contributed by atoms with Gasteiger partial charge in [-0.1, -0.05) is 59.6 Å². The summed E-state index contributed by atoms with van der Waals surface area (Å²) in [5.74, 6) is -1.12. The molecule has 2 amide bonds. The lowest BCUT2D eigenvalue weighted by atomic mass is 10.2. The molecule has 132 valence electrons. The predicted molar refractivity (Wildman–Crippen MR) is 106 cm³/mol. The van der Waals surface area contributed by atoms with Crippen molar-refractivity contribution in [3.05, 3.63) is 69.5 Å². The number of aromatic carboxylic acids is 1. The SMILES string of the molecule is O=C(Nc1cc(-c2ccccc2)sc1C(=O)O)Nc1c(Cl)cccc1Cl. The third-order valence-corrected chi connectivity index (χ3v) is 5.24. The highest BCUT2D eigenvalue weighted by Gasteiger charge is 2.19. The lowest BCUT2D eigenvalue weighted by molar-refractivity contribution is 0.0703. The number of hydrogen-bond acceptors (Lipinski definition) is 3. The predicted octanol–water partition coefficient (Wildman–Crippen LogP) is 6.06. The van der Waals surface area contributed by atoms with Crippen LogP contribution in [0.5, 0.6) is 0 Å². The molecule has 5 nitrogen and oxygen atoms in total. The monoisotopic (exact) mass is 406 g/mol. The van der Waals surface area contributed by atoms with Crippen LogP contribution in [0.3, 0.4) is 0 Å². The Bertz CT molecular complexity index is 954. The van der Waals surface area contributed by atoms with Gasteiger partial charge in [-0.15, -0.1) is 11.3 Å². The normalized spacial score (nSPS) is 10.4. The van der Waals surface area contributed by atoms with Gasteiger partial charge >= 0.3 is 12.0 Å². The molecule has 0 spiro atoms. The number of nitrogens with one attached hydrogen (secondary N) is 2. The zero-order chi connectivity index (χ0) is 18.7. The van der Waals surface area contributed by atoms with E-state index in [0.29, 0.717) is 0 Å². The number of hydrogen-bond donors (Lipinski definition) is 3. The molecule has 0 aliphatic heterocycles. The quantitative estimate of drug-likeness (QED) is 0.492. The van der Waals surface area contributed by atoms with Crippen molar-refractivity contribution in [2.24, 2.45) is 0 Å². The zero-order valence-corrected chi connectivity index (χ0v) is 15.5. The van der Waals surface area contributed by atoms with E-state index >= 15 is 0 Å². The number of halogens is 2. The summed E-state index contributed by atoms with van der Waals surface area (Å²) in [6, 6.07) is 15.1.